The first-order chi connectivity index (χ1) is 35.3. The fraction of sp³-hybridized carbons (Fsp3) is 0.365. The Bertz CT molecular complexity index is 2900. The summed E-state index contributed by atoms with van der Waals surface area (Å²) < 4.78 is 76.5. The summed E-state index contributed by atoms with van der Waals surface area (Å²) in [6.07, 6.45) is -15.8. The Kier molecular flexibility index (Phi) is 17.4. The fourth-order valence-electron chi connectivity index (χ4n) is 8.10. The van der Waals surface area contributed by atoms with E-state index in [9.17, 15) is 43.8 Å². The number of rotatable bonds is 18. The number of fused-ring (bicyclic) bond motifs is 1. The smallest absolute Gasteiger partial charge is 0.303 e. The molecular formula is C52H52O22. The van der Waals surface area contributed by atoms with Gasteiger partial charge in [-0.05, 0) is 29.3 Å². The minimum Gasteiger partial charge on any atom is -0.507 e. The van der Waals surface area contributed by atoms with Crippen LogP contribution in [0.5, 0.6) is 28.7 Å². The minimum absolute atomic E-state index is 0.0147. The first-order valence-electron chi connectivity index (χ1n) is 22.9. The van der Waals surface area contributed by atoms with Crippen molar-refractivity contribution < 1.29 is 100 Å². The van der Waals surface area contributed by atoms with Gasteiger partial charge in [-0.3, -0.25) is 33.6 Å². The van der Waals surface area contributed by atoms with Gasteiger partial charge in [-0.25, -0.2) is 0 Å². The highest BCUT2D eigenvalue weighted by Crippen LogP contribution is 2.41. The van der Waals surface area contributed by atoms with Gasteiger partial charge in [0, 0.05) is 59.2 Å². The van der Waals surface area contributed by atoms with Crippen LogP contribution in [-0.4, -0.2) is 115 Å². The number of benzene rings is 4. The molecule has 392 valence electrons. The maximum Gasteiger partial charge on any atom is 0.303 e. The number of carbonyl (C=O) groups excluding carboxylic acids is 6. The van der Waals surface area contributed by atoms with E-state index in [0.29, 0.717) is 0 Å². The zero-order valence-electron chi connectivity index (χ0n) is 40.7. The lowest BCUT2D eigenvalue weighted by Gasteiger charge is -2.47. The molecule has 2 saturated heterocycles. The van der Waals surface area contributed by atoms with Gasteiger partial charge in [0.15, 0.2) is 60.2 Å². The summed E-state index contributed by atoms with van der Waals surface area (Å²) in [6.45, 7) is 5.11. The number of hydrogen-bond donors (Lipinski definition) is 2. The maximum atomic E-state index is 15.0. The Morgan fingerprint density at radius 3 is 1.77 bits per heavy atom. The van der Waals surface area contributed by atoms with Crippen LogP contribution in [0.1, 0.15) is 52.7 Å². The average Bonchev–Trinajstić information content (AvgIpc) is 3.33. The average molecular weight is 1030 g/mol. The molecule has 0 aliphatic carbocycles. The summed E-state index contributed by atoms with van der Waals surface area (Å²) in [5.74, 6) is -7.38. The van der Waals surface area contributed by atoms with Crippen LogP contribution in [0.3, 0.4) is 0 Å². The van der Waals surface area contributed by atoms with E-state index in [1.54, 1.807) is 0 Å². The number of hydrogen-bond acceptors (Lipinski definition) is 22. The van der Waals surface area contributed by atoms with Crippen molar-refractivity contribution in [3.63, 3.8) is 0 Å². The minimum atomic E-state index is -1.98. The normalized spacial score (nSPS) is 22.3. The molecule has 2 aliphatic rings. The number of ether oxygens (including phenoxy) is 12. The lowest BCUT2D eigenvalue weighted by Crippen LogP contribution is -2.66. The second-order valence-corrected chi connectivity index (χ2v) is 16.8. The maximum absolute atomic E-state index is 15.0. The van der Waals surface area contributed by atoms with Crippen molar-refractivity contribution in [1.29, 1.82) is 0 Å². The van der Waals surface area contributed by atoms with Gasteiger partial charge >= 0.3 is 35.8 Å². The third-order valence-electron chi connectivity index (χ3n) is 11.1. The Hall–Kier alpha value is -8.21. The van der Waals surface area contributed by atoms with Crippen LogP contribution in [0.15, 0.2) is 100 Å². The van der Waals surface area contributed by atoms with Crippen LogP contribution in [0.4, 0.5) is 0 Å². The lowest BCUT2D eigenvalue weighted by molar-refractivity contribution is -0.351. The third kappa shape index (κ3) is 13.4. The van der Waals surface area contributed by atoms with Crippen molar-refractivity contribution in [2.45, 2.75) is 110 Å². The topological polar surface area (TPSA) is 284 Å². The molecule has 2 N–H and O–H groups in total. The highest BCUT2D eigenvalue weighted by Gasteiger charge is 2.56. The monoisotopic (exact) mass is 1030 g/mol. The number of esters is 6. The largest absolute Gasteiger partial charge is 0.507 e. The predicted molar refractivity (Wildman–Crippen MR) is 251 cm³/mol. The summed E-state index contributed by atoms with van der Waals surface area (Å²) >= 11 is 0. The summed E-state index contributed by atoms with van der Waals surface area (Å²) in [5, 5.41) is 22.4. The molecule has 74 heavy (non-hydrogen) atoms. The molecule has 0 spiro atoms. The van der Waals surface area contributed by atoms with Gasteiger partial charge in [-0.1, -0.05) is 60.7 Å². The predicted octanol–water partition coefficient (Wildman–Crippen LogP) is 5.10. The van der Waals surface area contributed by atoms with Gasteiger partial charge in [0.25, 0.3) is 0 Å². The molecule has 0 bridgehead atoms. The molecule has 7 rings (SSSR count). The van der Waals surface area contributed by atoms with Crippen LogP contribution >= 0.6 is 0 Å². The molecule has 1 aromatic heterocycles. The van der Waals surface area contributed by atoms with E-state index in [4.69, 9.17) is 61.3 Å². The first-order valence-corrected chi connectivity index (χ1v) is 22.9. The Morgan fingerprint density at radius 2 is 1.18 bits per heavy atom. The van der Waals surface area contributed by atoms with E-state index in [1.807, 2.05) is 60.7 Å². The molecule has 0 amide bonds. The molecule has 9 atom stereocenters. The van der Waals surface area contributed by atoms with E-state index in [-0.39, 0.29) is 41.6 Å². The van der Waals surface area contributed by atoms with E-state index < -0.39 is 132 Å². The Morgan fingerprint density at radius 1 is 0.595 bits per heavy atom. The third-order valence-corrected chi connectivity index (χ3v) is 11.1. The van der Waals surface area contributed by atoms with Crippen molar-refractivity contribution in [2.24, 2.45) is 0 Å². The fourth-order valence-corrected chi connectivity index (χ4v) is 8.10. The van der Waals surface area contributed by atoms with Gasteiger partial charge in [0.2, 0.25) is 17.5 Å². The first kappa shape index (κ1) is 53.6. The van der Waals surface area contributed by atoms with Crippen LogP contribution in [0, 0.1) is 0 Å². The van der Waals surface area contributed by atoms with E-state index >= 15 is 0 Å². The molecule has 0 unspecified atom stereocenters. The molecule has 22 nitrogen and oxygen atoms in total. The van der Waals surface area contributed by atoms with Crippen molar-refractivity contribution in [1.82, 2.24) is 0 Å². The lowest BCUT2D eigenvalue weighted by atomic mass is 9.97. The quantitative estimate of drug-likeness (QED) is 0.0853. The molecule has 2 aliphatic heterocycles. The van der Waals surface area contributed by atoms with Gasteiger partial charge in [-0.15, -0.1) is 0 Å². The van der Waals surface area contributed by atoms with Gasteiger partial charge in [-0.2, -0.15) is 0 Å². The number of phenols is 2. The van der Waals surface area contributed by atoms with Crippen LogP contribution < -0.4 is 19.6 Å². The number of aromatic hydroxyl groups is 2. The molecule has 2 fully saturated rings. The Balaban J connectivity index is 1.36. The van der Waals surface area contributed by atoms with Gasteiger partial charge in [0.05, 0.1) is 6.61 Å². The molecule has 22 heteroatoms. The summed E-state index contributed by atoms with van der Waals surface area (Å²) in [5.41, 5.74) is 0.387. The standard InChI is InChI=1S/C52H52O22/c1-26(53)62-24-41-45(67-28(3)55)48(69-30(5)57)50(70-31(6)58)52(72-41)74-49-46(68-29(4)56)40(66-27(2)54)25-65-51(49)73-47-43(61)42-37(60)20-35(63-22-32-13-9-7-10-14-32)21-39(42)71-44(47)34-17-18-38(36(59)19-34)64-23-33-15-11-8-12-16-33/h7-21,40-41,45-46,48-52,59-60H,22-25H2,1-6H3/t40-,41-,45-,46+,48+,49-,50-,51+,52+/m1/s1. The summed E-state index contributed by atoms with van der Waals surface area (Å²) in [6, 6.07) is 24.9. The van der Waals surface area contributed by atoms with Gasteiger partial charge < -0.3 is 71.5 Å². The van der Waals surface area contributed by atoms with E-state index in [0.717, 1.165) is 52.7 Å². The summed E-state index contributed by atoms with van der Waals surface area (Å²) in [4.78, 5) is 90.3. The van der Waals surface area contributed by atoms with Gasteiger partial charge in [0.1, 0.15) is 48.4 Å². The summed E-state index contributed by atoms with van der Waals surface area (Å²) in [7, 11) is 0. The van der Waals surface area contributed by atoms with Crippen molar-refractivity contribution >= 4 is 46.8 Å². The van der Waals surface area contributed by atoms with E-state index in [2.05, 4.69) is 0 Å². The molecule has 5 aromatic rings. The molecular weight excluding hydrogens is 977 g/mol. The SMILES string of the molecule is CC(=O)OC[C@H]1O[C@@H](O[C@H]2[C@H](Oc3c(-c4ccc(OCc5ccccc5)c(O)c4)oc4cc(OCc5ccccc5)cc(O)c4c3=O)OC[C@@H](OC(C)=O)[C@@H]2OC(C)=O)[C@H](OC(C)=O)[C@@H](OC(C)=O)[C@@H]1OC(C)=O. The van der Waals surface area contributed by atoms with Crippen LogP contribution in [0.2, 0.25) is 0 Å². The zero-order chi connectivity index (χ0) is 53.2. The van der Waals surface area contributed by atoms with Crippen molar-refractivity contribution in [3.8, 4) is 40.1 Å². The molecule has 0 radical (unpaired) electrons. The van der Waals surface area contributed by atoms with Crippen LogP contribution in [-0.2, 0) is 84.6 Å². The highest BCUT2D eigenvalue weighted by atomic mass is 16.8. The van der Waals surface area contributed by atoms with Crippen LogP contribution in [0.25, 0.3) is 22.3 Å². The second-order valence-electron chi connectivity index (χ2n) is 16.8. The van der Waals surface area contributed by atoms with Crippen molar-refractivity contribution in [3.05, 3.63) is 112 Å². The number of carbonyl (C=O) groups is 6. The van der Waals surface area contributed by atoms with E-state index in [1.165, 1.54) is 30.3 Å². The highest BCUT2D eigenvalue weighted by molar-refractivity contribution is 5.88. The molecule has 0 saturated carbocycles. The molecule has 4 aromatic carbocycles. The number of phenolic OH excluding ortho intramolecular Hbond substituents is 2. The molecule has 3 heterocycles. The second kappa shape index (κ2) is 24.0. The Labute approximate surface area is 421 Å². The van der Waals surface area contributed by atoms with Crippen molar-refractivity contribution in [2.75, 3.05) is 13.2 Å². The zero-order valence-corrected chi connectivity index (χ0v) is 40.7.